The summed E-state index contributed by atoms with van der Waals surface area (Å²) >= 11 is 0. The molecule has 1 aliphatic heterocycles. The lowest BCUT2D eigenvalue weighted by Crippen LogP contribution is -2.34. The number of alkyl halides is 3. The first-order valence-electron chi connectivity index (χ1n) is 9.89. The second-order valence-electron chi connectivity index (χ2n) is 6.93. The number of benzene rings is 1. The highest BCUT2D eigenvalue weighted by molar-refractivity contribution is 5.71. The van der Waals surface area contributed by atoms with Crippen LogP contribution in [-0.2, 0) is 14.9 Å². The number of aliphatic hydroxyl groups excluding tert-OH is 1. The summed E-state index contributed by atoms with van der Waals surface area (Å²) in [5.41, 5.74) is -0.758. The number of esters is 1. The molecule has 0 fully saturated rings. The Morgan fingerprint density at radius 1 is 1.29 bits per heavy atom. The SMILES string of the molecule is CC.CCC1(COC(C)=O)COc2c1cc(C(O)C(F)(F)F)nc2-c1ccc(F)cc1. The number of fused-ring (bicyclic) bond motifs is 1. The van der Waals surface area contributed by atoms with Gasteiger partial charge in [0, 0.05) is 18.1 Å². The molecule has 5 nitrogen and oxygen atoms in total. The molecule has 2 aromatic rings. The number of ether oxygens (including phenoxy) is 2. The minimum Gasteiger partial charge on any atom is -0.490 e. The van der Waals surface area contributed by atoms with Crippen LogP contribution in [0, 0.1) is 5.82 Å². The monoisotopic (exact) mass is 443 g/mol. The molecule has 1 aromatic carbocycles. The smallest absolute Gasteiger partial charge is 0.420 e. The van der Waals surface area contributed by atoms with E-state index in [9.17, 15) is 27.5 Å². The number of rotatable bonds is 5. The molecule has 170 valence electrons. The van der Waals surface area contributed by atoms with Crippen LogP contribution in [0.25, 0.3) is 11.3 Å². The van der Waals surface area contributed by atoms with E-state index >= 15 is 0 Å². The quantitative estimate of drug-likeness (QED) is 0.514. The fourth-order valence-electron chi connectivity index (χ4n) is 3.25. The summed E-state index contributed by atoms with van der Waals surface area (Å²) < 4.78 is 63.7. The summed E-state index contributed by atoms with van der Waals surface area (Å²) in [6.45, 7) is 6.99. The van der Waals surface area contributed by atoms with E-state index in [0.717, 1.165) is 18.2 Å². The normalized spacial score (nSPS) is 18.4. The molecule has 1 aromatic heterocycles. The molecule has 0 saturated carbocycles. The molecule has 1 N–H and O–H groups in total. The number of pyridine rings is 1. The van der Waals surface area contributed by atoms with Crippen molar-refractivity contribution in [1.82, 2.24) is 4.98 Å². The van der Waals surface area contributed by atoms with Crippen molar-refractivity contribution in [2.45, 2.75) is 51.8 Å². The van der Waals surface area contributed by atoms with Gasteiger partial charge in [0.2, 0.25) is 0 Å². The third-order valence-corrected chi connectivity index (χ3v) is 4.99. The zero-order chi connectivity index (χ0) is 23.4. The van der Waals surface area contributed by atoms with E-state index in [1.807, 2.05) is 13.8 Å². The molecule has 0 aliphatic carbocycles. The zero-order valence-corrected chi connectivity index (χ0v) is 17.7. The van der Waals surface area contributed by atoms with Gasteiger partial charge in [-0.3, -0.25) is 4.79 Å². The Labute approximate surface area is 178 Å². The second kappa shape index (κ2) is 9.64. The van der Waals surface area contributed by atoms with Gasteiger partial charge < -0.3 is 14.6 Å². The van der Waals surface area contributed by atoms with E-state index in [0.29, 0.717) is 17.5 Å². The fourth-order valence-corrected chi connectivity index (χ4v) is 3.25. The molecule has 2 atom stereocenters. The average molecular weight is 443 g/mol. The van der Waals surface area contributed by atoms with E-state index in [-0.39, 0.29) is 24.7 Å². The lowest BCUT2D eigenvalue weighted by Gasteiger charge is -2.26. The number of carbonyl (C=O) groups excluding carboxylic acids is 1. The first-order chi connectivity index (χ1) is 14.6. The van der Waals surface area contributed by atoms with Crippen molar-refractivity contribution in [1.29, 1.82) is 0 Å². The maximum Gasteiger partial charge on any atom is 0.420 e. The summed E-state index contributed by atoms with van der Waals surface area (Å²) in [4.78, 5) is 15.3. The van der Waals surface area contributed by atoms with Crippen molar-refractivity contribution >= 4 is 5.97 Å². The Morgan fingerprint density at radius 3 is 2.42 bits per heavy atom. The third kappa shape index (κ3) is 5.15. The standard InChI is InChI=1S/C20H19F4NO4.C2H6/c1-3-19(9-28-11(2)26)10-29-17-14(19)8-15(18(27)20(22,23)24)25-16(17)12-4-6-13(21)7-5-12;1-2/h4-8,18,27H,3,9-10H2,1-2H3;1-2H3. The van der Waals surface area contributed by atoms with Crippen LogP contribution in [0.5, 0.6) is 5.75 Å². The largest absolute Gasteiger partial charge is 0.490 e. The molecule has 31 heavy (non-hydrogen) atoms. The highest BCUT2D eigenvalue weighted by Gasteiger charge is 2.46. The molecule has 9 heteroatoms. The molecule has 0 spiro atoms. The van der Waals surface area contributed by atoms with Crippen molar-refractivity contribution in [2.24, 2.45) is 0 Å². The topological polar surface area (TPSA) is 68.7 Å². The second-order valence-corrected chi connectivity index (χ2v) is 6.93. The maximum atomic E-state index is 13.3. The molecule has 0 bridgehead atoms. The highest BCUT2D eigenvalue weighted by Crippen LogP contribution is 2.47. The van der Waals surface area contributed by atoms with Crippen molar-refractivity contribution in [2.75, 3.05) is 13.2 Å². The predicted molar refractivity (Wildman–Crippen MR) is 106 cm³/mol. The van der Waals surface area contributed by atoms with E-state index in [2.05, 4.69) is 4.98 Å². The predicted octanol–water partition coefficient (Wildman–Crippen LogP) is 5.11. The van der Waals surface area contributed by atoms with Gasteiger partial charge in [0.05, 0.1) is 11.1 Å². The Bertz CT molecular complexity index is 915. The number of halogens is 4. The van der Waals surface area contributed by atoms with Crippen LogP contribution in [0.2, 0.25) is 0 Å². The van der Waals surface area contributed by atoms with Crippen LogP contribution in [0.1, 0.15) is 51.5 Å². The summed E-state index contributed by atoms with van der Waals surface area (Å²) in [5.74, 6) is -0.825. The fraction of sp³-hybridized carbons (Fsp3) is 0.455. The Kier molecular flexibility index (Phi) is 7.64. The summed E-state index contributed by atoms with van der Waals surface area (Å²) in [6.07, 6.45) is -7.33. The number of aliphatic hydroxyl groups is 1. The molecule has 1 aliphatic rings. The van der Waals surface area contributed by atoms with Crippen LogP contribution in [0.4, 0.5) is 17.6 Å². The van der Waals surface area contributed by atoms with Crippen LogP contribution in [-0.4, -0.2) is 35.4 Å². The molecule has 3 rings (SSSR count). The van der Waals surface area contributed by atoms with Crippen LogP contribution < -0.4 is 4.74 Å². The van der Waals surface area contributed by atoms with Crippen LogP contribution in [0.3, 0.4) is 0 Å². The minimum atomic E-state index is -4.93. The molecule has 2 unspecified atom stereocenters. The van der Waals surface area contributed by atoms with E-state index in [1.165, 1.54) is 19.1 Å². The Hall–Kier alpha value is -2.68. The number of hydrogen-bond donors (Lipinski definition) is 1. The summed E-state index contributed by atoms with van der Waals surface area (Å²) in [7, 11) is 0. The van der Waals surface area contributed by atoms with E-state index in [4.69, 9.17) is 9.47 Å². The van der Waals surface area contributed by atoms with Gasteiger partial charge in [-0.2, -0.15) is 13.2 Å². The van der Waals surface area contributed by atoms with E-state index in [1.54, 1.807) is 6.92 Å². The Balaban J connectivity index is 0.00000166. The lowest BCUT2D eigenvalue weighted by molar-refractivity contribution is -0.207. The number of hydrogen-bond acceptors (Lipinski definition) is 5. The van der Waals surface area contributed by atoms with Gasteiger partial charge >= 0.3 is 12.1 Å². The third-order valence-electron chi connectivity index (χ3n) is 4.99. The summed E-state index contributed by atoms with van der Waals surface area (Å²) in [6, 6.07) is 6.17. The number of carbonyl (C=O) groups is 1. The van der Waals surface area contributed by atoms with Gasteiger partial charge in [0.25, 0.3) is 0 Å². The van der Waals surface area contributed by atoms with Crippen molar-refractivity contribution < 1.29 is 36.9 Å². The van der Waals surface area contributed by atoms with Gasteiger partial charge in [0.15, 0.2) is 6.10 Å². The van der Waals surface area contributed by atoms with Crippen molar-refractivity contribution in [3.05, 3.63) is 47.4 Å². The van der Waals surface area contributed by atoms with Gasteiger partial charge in [0.1, 0.15) is 30.5 Å². The molecular weight excluding hydrogens is 418 g/mol. The Morgan fingerprint density at radius 2 is 1.90 bits per heavy atom. The first kappa shape index (κ1) is 24.6. The van der Waals surface area contributed by atoms with Crippen molar-refractivity contribution in [3.63, 3.8) is 0 Å². The van der Waals surface area contributed by atoms with Crippen LogP contribution >= 0.6 is 0 Å². The number of nitrogens with zero attached hydrogens (tertiary/aromatic N) is 1. The zero-order valence-electron chi connectivity index (χ0n) is 17.7. The molecule has 2 heterocycles. The van der Waals surface area contributed by atoms with Gasteiger partial charge in [-0.15, -0.1) is 0 Å². The van der Waals surface area contributed by atoms with Gasteiger partial charge in [-0.25, -0.2) is 9.37 Å². The molecular formula is C22H25F4NO4. The van der Waals surface area contributed by atoms with E-state index < -0.39 is 35.2 Å². The number of aromatic nitrogens is 1. The lowest BCUT2D eigenvalue weighted by atomic mass is 9.80. The first-order valence-corrected chi connectivity index (χ1v) is 9.89. The summed E-state index contributed by atoms with van der Waals surface area (Å²) in [5, 5.41) is 9.79. The minimum absolute atomic E-state index is 0.0546. The van der Waals surface area contributed by atoms with Crippen molar-refractivity contribution in [3.8, 4) is 17.0 Å². The van der Waals surface area contributed by atoms with Crippen LogP contribution in [0.15, 0.2) is 30.3 Å². The molecule has 0 amide bonds. The van der Waals surface area contributed by atoms with Gasteiger partial charge in [-0.1, -0.05) is 20.8 Å². The molecule has 0 saturated heterocycles. The highest BCUT2D eigenvalue weighted by atomic mass is 19.4. The molecule has 0 radical (unpaired) electrons. The average Bonchev–Trinajstić information content (AvgIpc) is 3.11. The van der Waals surface area contributed by atoms with Gasteiger partial charge in [-0.05, 0) is 36.8 Å². The maximum absolute atomic E-state index is 13.3.